The number of nitrogens with zero attached hydrogens (tertiary/aromatic N) is 4. The zero-order valence-electron chi connectivity index (χ0n) is 24.2. The lowest BCUT2D eigenvalue weighted by Gasteiger charge is -2.35. The maximum absolute atomic E-state index is 13.5. The monoisotopic (exact) mass is 550 g/mol. The fourth-order valence-electron chi connectivity index (χ4n) is 6.13. The van der Waals surface area contributed by atoms with Gasteiger partial charge in [-0.1, -0.05) is 44.2 Å². The molecule has 3 aromatic carbocycles. The molecule has 2 amide bonds. The Morgan fingerprint density at radius 1 is 1.07 bits per heavy atom. The Morgan fingerprint density at radius 2 is 1.83 bits per heavy atom. The molecule has 0 spiro atoms. The van der Waals surface area contributed by atoms with Crippen molar-refractivity contribution in [2.45, 2.75) is 45.3 Å². The summed E-state index contributed by atoms with van der Waals surface area (Å²) in [6.45, 7) is 6.78. The second-order valence-corrected chi connectivity index (χ2v) is 11.7. The third-order valence-electron chi connectivity index (χ3n) is 8.53. The first-order valence-corrected chi connectivity index (χ1v) is 14.5. The summed E-state index contributed by atoms with van der Waals surface area (Å²) in [6.07, 6.45) is 1.95. The molecule has 1 atom stereocenters. The standard InChI is InChI=1S/C33H38N6O2/c1-21(2)30-32(40)36-27-12-11-24(34-20-22-8-6-5-7-9-22)19-26(27)31-35-28-18-23(10-13-29(28)39(30)31)33(41)38(4)25-14-16-37(3)17-15-25/h5-13,18-19,21,25,30,34H,14-17,20H2,1-4H3,(H,36,40)/t30-/m0/s1. The highest BCUT2D eigenvalue weighted by atomic mass is 16.2. The van der Waals surface area contributed by atoms with Gasteiger partial charge in [0.2, 0.25) is 5.91 Å². The smallest absolute Gasteiger partial charge is 0.253 e. The summed E-state index contributed by atoms with van der Waals surface area (Å²) in [5.41, 5.74) is 5.91. The average Bonchev–Trinajstić information content (AvgIpc) is 3.29. The summed E-state index contributed by atoms with van der Waals surface area (Å²) in [7, 11) is 4.03. The molecule has 1 aromatic heterocycles. The normalized spacial score (nSPS) is 17.6. The molecule has 4 aromatic rings. The van der Waals surface area contributed by atoms with E-state index in [-0.39, 0.29) is 23.8 Å². The van der Waals surface area contributed by atoms with E-state index in [1.807, 2.05) is 60.5 Å². The van der Waals surface area contributed by atoms with Gasteiger partial charge in [0.15, 0.2) is 0 Å². The predicted octanol–water partition coefficient (Wildman–Crippen LogP) is 5.63. The van der Waals surface area contributed by atoms with Gasteiger partial charge < -0.3 is 25.0 Å². The van der Waals surface area contributed by atoms with Crippen LogP contribution in [-0.2, 0) is 11.3 Å². The van der Waals surface area contributed by atoms with Crippen molar-refractivity contribution in [2.24, 2.45) is 5.92 Å². The van der Waals surface area contributed by atoms with Crippen LogP contribution < -0.4 is 10.6 Å². The average molecular weight is 551 g/mol. The van der Waals surface area contributed by atoms with Crippen molar-refractivity contribution in [1.82, 2.24) is 19.4 Å². The largest absolute Gasteiger partial charge is 0.381 e. The second kappa shape index (κ2) is 11.0. The van der Waals surface area contributed by atoms with Crippen LogP contribution in [0.1, 0.15) is 48.7 Å². The number of anilines is 2. The van der Waals surface area contributed by atoms with Crippen molar-refractivity contribution < 1.29 is 9.59 Å². The summed E-state index contributed by atoms with van der Waals surface area (Å²) in [4.78, 5) is 36.3. The van der Waals surface area contributed by atoms with Gasteiger partial charge in [-0.15, -0.1) is 0 Å². The molecule has 8 nitrogen and oxygen atoms in total. The van der Waals surface area contributed by atoms with Crippen LogP contribution in [0.25, 0.3) is 22.4 Å². The summed E-state index contributed by atoms with van der Waals surface area (Å²) < 4.78 is 2.05. The Balaban J connectivity index is 1.38. The molecule has 1 fully saturated rings. The zero-order valence-corrected chi connectivity index (χ0v) is 24.2. The third-order valence-corrected chi connectivity index (χ3v) is 8.53. The fourth-order valence-corrected chi connectivity index (χ4v) is 6.13. The van der Waals surface area contributed by atoms with E-state index in [1.165, 1.54) is 5.56 Å². The summed E-state index contributed by atoms with van der Waals surface area (Å²) >= 11 is 0. The van der Waals surface area contributed by atoms with Crippen molar-refractivity contribution in [3.63, 3.8) is 0 Å². The van der Waals surface area contributed by atoms with Gasteiger partial charge in [0, 0.05) is 36.4 Å². The molecule has 8 heteroatoms. The molecule has 212 valence electrons. The van der Waals surface area contributed by atoms with Crippen LogP contribution in [-0.4, -0.2) is 64.4 Å². The molecule has 2 aliphatic rings. The quantitative estimate of drug-likeness (QED) is 0.325. The van der Waals surface area contributed by atoms with Gasteiger partial charge >= 0.3 is 0 Å². The molecule has 0 aliphatic carbocycles. The lowest BCUT2D eigenvalue weighted by Crippen LogP contribution is -2.44. The number of carbonyl (C=O) groups is 2. The number of benzene rings is 3. The second-order valence-electron chi connectivity index (χ2n) is 11.7. The van der Waals surface area contributed by atoms with E-state index in [0.29, 0.717) is 12.1 Å². The van der Waals surface area contributed by atoms with Crippen LogP contribution in [0.5, 0.6) is 0 Å². The first kappa shape index (κ1) is 27.0. The highest BCUT2D eigenvalue weighted by molar-refractivity contribution is 6.03. The predicted molar refractivity (Wildman–Crippen MR) is 164 cm³/mol. The van der Waals surface area contributed by atoms with Gasteiger partial charge in [-0.3, -0.25) is 9.59 Å². The molecule has 2 N–H and O–H groups in total. The van der Waals surface area contributed by atoms with E-state index in [4.69, 9.17) is 4.98 Å². The van der Waals surface area contributed by atoms with Gasteiger partial charge in [0.25, 0.3) is 5.91 Å². The van der Waals surface area contributed by atoms with E-state index in [1.54, 1.807) is 0 Å². The van der Waals surface area contributed by atoms with Crippen LogP contribution in [0.15, 0.2) is 66.7 Å². The summed E-state index contributed by atoms with van der Waals surface area (Å²) in [6, 6.07) is 21.7. The molecule has 6 rings (SSSR count). The minimum atomic E-state index is -0.438. The highest BCUT2D eigenvalue weighted by Crippen LogP contribution is 2.40. The maximum Gasteiger partial charge on any atom is 0.253 e. The fraction of sp³-hybridized carbons (Fsp3) is 0.364. The van der Waals surface area contributed by atoms with E-state index < -0.39 is 6.04 Å². The molecule has 0 unspecified atom stereocenters. The topological polar surface area (TPSA) is 82.5 Å². The number of piperidine rings is 1. The Bertz CT molecular complexity index is 1590. The highest BCUT2D eigenvalue weighted by Gasteiger charge is 2.34. The third kappa shape index (κ3) is 5.20. The summed E-state index contributed by atoms with van der Waals surface area (Å²) in [5, 5.41) is 6.65. The van der Waals surface area contributed by atoms with Crippen molar-refractivity contribution in [2.75, 3.05) is 37.8 Å². The number of likely N-dealkylation sites (tertiary alicyclic amines) is 1. The van der Waals surface area contributed by atoms with Crippen LogP contribution in [0.2, 0.25) is 0 Å². The Hall–Kier alpha value is -4.17. The molecular weight excluding hydrogens is 512 g/mol. The number of hydrogen-bond acceptors (Lipinski definition) is 5. The SMILES string of the molecule is CC(C)[C@H]1C(=O)Nc2ccc(NCc3ccccc3)cc2-c2nc3cc(C(=O)N(C)C4CCN(C)CC4)ccc3n21. The number of aromatic nitrogens is 2. The lowest BCUT2D eigenvalue weighted by molar-refractivity contribution is -0.120. The zero-order chi connectivity index (χ0) is 28.7. The Labute approximate surface area is 241 Å². The minimum Gasteiger partial charge on any atom is -0.381 e. The number of hydrogen-bond donors (Lipinski definition) is 2. The number of nitrogens with one attached hydrogen (secondary N) is 2. The Kier molecular flexibility index (Phi) is 7.26. The minimum absolute atomic E-state index is 0.00981. The molecule has 41 heavy (non-hydrogen) atoms. The number of fused-ring (bicyclic) bond motifs is 5. The van der Waals surface area contributed by atoms with Gasteiger partial charge in [-0.25, -0.2) is 4.98 Å². The number of imidazole rings is 1. The summed E-state index contributed by atoms with van der Waals surface area (Å²) in [5.74, 6) is 0.707. The van der Waals surface area contributed by atoms with E-state index >= 15 is 0 Å². The van der Waals surface area contributed by atoms with Gasteiger partial charge in [0.1, 0.15) is 11.9 Å². The number of amides is 2. The first-order valence-electron chi connectivity index (χ1n) is 14.5. The molecule has 0 radical (unpaired) electrons. The maximum atomic E-state index is 13.5. The molecule has 0 bridgehead atoms. The Morgan fingerprint density at radius 3 is 2.56 bits per heavy atom. The van der Waals surface area contributed by atoms with Crippen LogP contribution >= 0.6 is 0 Å². The number of carbonyl (C=O) groups excluding carboxylic acids is 2. The van der Waals surface area contributed by atoms with Crippen LogP contribution in [0, 0.1) is 5.92 Å². The molecule has 2 aliphatic heterocycles. The van der Waals surface area contributed by atoms with Crippen LogP contribution in [0.3, 0.4) is 0 Å². The van der Waals surface area contributed by atoms with Gasteiger partial charge in [0.05, 0.1) is 16.7 Å². The van der Waals surface area contributed by atoms with E-state index in [9.17, 15) is 9.59 Å². The van der Waals surface area contributed by atoms with Crippen molar-refractivity contribution >= 4 is 34.2 Å². The lowest BCUT2D eigenvalue weighted by atomic mass is 10.0. The van der Waals surface area contributed by atoms with Crippen molar-refractivity contribution in [3.8, 4) is 11.4 Å². The number of rotatable bonds is 6. The first-order chi connectivity index (χ1) is 19.8. The van der Waals surface area contributed by atoms with Crippen molar-refractivity contribution in [1.29, 1.82) is 0 Å². The van der Waals surface area contributed by atoms with E-state index in [2.05, 4.69) is 59.2 Å². The molecule has 1 saturated heterocycles. The van der Waals surface area contributed by atoms with Crippen LogP contribution in [0.4, 0.5) is 11.4 Å². The van der Waals surface area contributed by atoms with Gasteiger partial charge in [-0.2, -0.15) is 0 Å². The molecule has 3 heterocycles. The van der Waals surface area contributed by atoms with Gasteiger partial charge in [-0.05, 0) is 80.9 Å². The van der Waals surface area contributed by atoms with Crippen molar-refractivity contribution in [3.05, 3.63) is 77.9 Å². The molecule has 0 saturated carbocycles. The molecular formula is C33H38N6O2. The van der Waals surface area contributed by atoms with E-state index in [0.717, 1.165) is 59.7 Å².